The molecular formula is C11H20N2O3. The van der Waals surface area contributed by atoms with Gasteiger partial charge in [-0.05, 0) is 13.3 Å². The van der Waals surface area contributed by atoms with Crippen molar-refractivity contribution in [2.45, 2.75) is 32.7 Å². The minimum atomic E-state index is -0.313. The van der Waals surface area contributed by atoms with Gasteiger partial charge in [-0.1, -0.05) is 13.3 Å². The first-order chi connectivity index (χ1) is 7.70. The van der Waals surface area contributed by atoms with Gasteiger partial charge in [-0.15, -0.1) is 0 Å². The molecule has 16 heavy (non-hydrogen) atoms. The topological polar surface area (TPSA) is 58.6 Å². The molecular weight excluding hydrogens is 208 g/mol. The van der Waals surface area contributed by atoms with Gasteiger partial charge in [0, 0.05) is 13.2 Å². The zero-order valence-corrected chi connectivity index (χ0v) is 9.99. The van der Waals surface area contributed by atoms with Crippen LogP contribution < -0.4 is 5.32 Å². The fourth-order valence-electron chi connectivity index (χ4n) is 1.85. The Balaban J connectivity index is 2.57. The Hall–Kier alpha value is -1.10. The second kappa shape index (κ2) is 6.48. The van der Waals surface area contributed by atoms with Gasteiger partial charge in [-0.2, -0.15) is 0 Å². The summed E-state index contributed by atoms with van der Waals surface area (Å²) in [5.41, 5.74) is 0. The summed E-state index contributed by atoms with van der Waals surface area (Å²) >= 11 is 0. The molecule has 0 spiro atoms. The molecule has 92 valence electrons. The lowest BCUT2D eigenvalue weighted by Crippen LogP contribution is -2.58. The standard InChI is InChI=1S/C11H20N2O3/c1-3-5-9-11(15)12-8-10(14)13(9)6-7-16-4-2/h9H,3-8H2,1-2H3,(H,12,15). The molecule has 1 heterocycles. The van der Waals surface area contributed by atoms with Crippen LogP contribution in [0.15, 0.2) is 0 Å². The van der Waals surface area contributed by atoms with Gasteiger partial charge in [0.05, 0.1) is 13.2 Å². The third-order valence-corrected chi connectivity index (χ3v) is 2.66. The quantitative estimate of drug-likeness (QED) is 0.658. The van der Waals surface area contributed by atoms with E-state index in [1.54, 1.807) is 4.90 Å². The monoisotopic (exact) mass is 228 g/mol. The van der Waals surface area contributed by atoms with E-state index < -0.39 is 0 Å². The lowest BCUT2D eigenvalue weighted by molar-refractivity contribution is -0.146. The van der Waals surface area contributed by atoms with Gasteiger partial charge in [0.25, 0.3) is 0 Å². The molecule has 1 aliphatic heterocycles. The molecule has 0 aromatic heterocycles. The molecule has 1 N–H and O–H groups in total. The van der Waals surface area contributed by atoms with E-state index in [2.05, 4.69) is 5.32 Å². The molecule has 5 heteroatoms. The van der Waals surface area contributed by atoms with E-state index in [0.717, 1.165) is 6.42 Å². The summed E-state index contributed by atoms with van der Waals surface area (Å²) in [6.07, 6.45) is 1.60. The smallest absolute Gasteiger partial charge is 0.243 e. The minimum Gasteiger partial charge on any atom is -0.380 e. The van der Waals surface area contributed by atoms with E-state index >= 15 is 0 Å². The maximum absolute atomic E-state index is 11.7. The molecule has 0 bridgehead atoms. The van der Waals surface area contributed by atoms with Gasteiger partial charge in [0.1, 0.15) is 6.04 Å². The summed E-state index contributed by atoms with van der Waals surface area (Å²) in [5.74, 6) is -0.0595. The van der Waals surface area contributed by atoms with Crippen LogP contribution in [0.25, 0.3) is 0 Å². The number of piperazine rings is 1. The molecule has 0 aromatic carbocycles. The maximum atomic E-state index is 11.7. The number of hydrogen-bond acceptors (Lipinski definition) is 3. The fraction of sp³-hybridized carbons (Fsp3) is 0.818. The molecule has 0 radical (unpaired) electrons. The van der Waals surface area contributed by atoms with Crippen molar-refractivity contribution in [3.63, 3.8) is 0 Å². The number of carbonyl (C=O) groups is 2. The van der Waals surface area contributed by atoms with Crippen LogP contribution in [0.5, 0.6) is 0 Å². The molecule has 1 saturated heterocycles. The summed E-state index contributed by atoms with van der Waals surface area (Å²) in [5, 5.41) is 2.62. The normalized spacial score (nSPS) is 21.1. The lowest BCUT2D eigenvalue weighted by atomic mass is 10.1. The van der Waals surface area contributed by atoms with Crippen molar-refractivity contribution >= 4 is 11.8 Å². The van der Waals surface area contributed by atoms with Crippen molar-refractivity contribution < 1.29 is 14.3 Å². The van der Waals surface area contributed by atoms with Gasteiger partial charge in [0.15, 0.2) is 0 Å². The van der Waals surface area contributed by atoms with Gasteiger partial charge >= 0.3 is 0 Å². The summed E-state index contributed by atoms with van der Waals surface area (Å²) in [7, 11) is 0. The van der Waals surface area contributed by atoms with Gasteiger partial charge in [0.2, 0.25) is 11.8 Å². The van der Waals surface area contributed by atoms with Crippen molar-refractivity contribution in [3.05, 3.63) is 0 Å². The van der Waals surface area contributed by atoms with Crippen molar-refractivity contribution in [2.24, 2.45) is 0 Å². The van der Waals surface area contributed by atoms with Crippen LogP contribution in [0, 0.1) is 0 Å². The van der Waals surface area contributed by atoms with Crippen LogP contribution in [0.2, 0.25) is 0 Å². The number of rotatable bonds is 6. The summed E-state index contributed by atoms with van der Waals surface area (Å²) < 4.78 is 5.22. The zero-order valence-electron chi connectivity index (χ0n) is 9.99. The average molecular weight is 228 g/mol. The first-order valence-electron chi connectivity index (χ1n) is 5.85. The van der Waals surface area contributed by atoms with Crippen LogP contribution in [0.4, 0.5) is 0 Å². The molecule has 0 aromatic rings. The Labute approximate surface area is 96.1 Å². The molecule has 1 aliphatic rings. The lowest BCUT2D eigenvalue weighted by Gasteiger charge is -2.34. The molecule has 1 rings (SSSR count). The molecule has 0 saturated carbocycles. The van der Waals surface area contributed by atoms with Crippen molar-refractivity contribution in [3.8, 4) is 0 Å². The van der Waals surface area contributed by atoms with Crippen LogP contribution in [-0.4, -0.2) is 49.1 Å². The van der Waals surface area contributed by atoms with E-state index in [-0.39, 0.29) is 24.4 Å². The number of amides is 2. The van der Waals surface area contributed by atoms with Crippen LogP contribution >= 0.6 is 0 Å². The zero-order chi connectivity index (χ0) is 12.0. The average Bonchev–Trinajstić information content (AvgIpc) is 2.27. The maximum Gasteiger partial charge on any atom is 0.243 e. The Morgan fingerprint density at radius 3 is 2.81 bits per heavy atom. The highest BCUT2D eigenvalue weighted by molar-refractivity contribution is 5.94. The number of nitrogens with zero attached hydrogens (tertiary/aromatic N) is 1. The van der Waals surface area contributed by atoms with Crippen molar-refractivity contribution in [2.75, 3.05) is 26.3 Å². The van der Waals surface area contributed by atoms with Crippen LogP contribution in [0.3, 0.4) is 0 Å². The predicted octanol–water partition coefficient (Wildman–Crippen LogP) is 0.150. The van der Waals surface area contributed by atoms with E-state index in [4.69, 9.17) is 4.74 Å². The largest absolute Gasteiger partial charge is 0.380 e. The molecule has 2 amide bonds. The number of hydrogen-bond donors (Lipinski definition) is 1. The highest BCUT2D eigenvalue weighted by Crippen LogP contribution is 2.11. The van der Waals surface area contributed by atoms with Crippen molar-refractivity contribution in [1.29, 1.82) is 0 Å². The summed E-state index contributed by atoms with van der Waals surface area (Å²) in [4.78, 5) is 24.9. The van der Waals surface area contributed by atoms with Crippen LogP contribution in [-0.2, 0) is 14.3 Å². The first kappa shape index (κ1) is 13.0. The first-order valence-corrected chi connectivity index (χ1v) is 5.85. The molecule has 1 atom stereocenters. The Morgan fingerprint density at radius 2 is 2.19 bits per heavy atom. The van der Waals surface area contributed by atoms with Crippen LogP contribution in [0.1, 0.15) is 26.7 Å². The predicted molar refractivity (Wildman–Crippen MR) is 59.9 cm³/mol. The van der Waals surface area contributed by atoms with Crippen molar-refractivity contribution in [1.82, 2.24) is 10.2 Å². The molecule has 1 unspecified atom stereocenters. The van der Waals surface area contributed by atoms with E-state index in [9.17, 15) is 9.59 Å². The molecule has 5 nitrogen and oxygen atoms in total. The summed E-state index contributed by atoms with van der Waals surface area (Å²) in [6, 6.07) is -0.313. The fourth-order valence-corrected chi connectivity index (χ4v) is 1.85. The number of ether oxygens (including phenoxy) is 1. The third-order valence-electron chi connectivity index (χ3n) is 2.66. The summed E-state index contributed by atoms with van der Waals surface area (Å²) in [6.45, 7) is 5.67. The highest BCUT2D eigenvalue weighted by Gasteiger charge is 2.33. The Kier molecular flexibility index (Phi) is 5.25. The number of carbonyl (C=O) groups excluding carboxylic acids is 2. The third kappa shape index (κ3) is 3.20. The minimum absolute atomic E-state index is 0.0160. The SMILES string of the molecule is CCCC1C(=O)NCC(=O)N1CCOCC. The second-order valence-electron chi connectivity index (χ2n) is 3.81. The van der Waals surface area contributed by atoms with E-state index in [1.165, 1.54) is 0 Å². The molecule has 0 aliphatic carbocycles. The highest BCUT2D eigenvalue weighted by atomic mass is 16.5. The van der Waals surface area contributed by atoms with Gasteiger partial charge < -0.3 is 15.0 Å². The van der Waals surface area contributed by atoms with E-state index in [1.807, 2.05) is 13.8 Å². The number of nitrogens with one attached hydrogen (secondary N) is 1. The van der Waals surface area contributed by atoms with Gasteiger partial charge in [-0.25, -0.2) is 0 Å². The Morgan fingerprint density at radius 1 is 1.44 bits per heavy atom. The van der Waals surface area contributed by atoms with E-state index in [0.29, 0.717) is 26.2 Å². The molecule has 1 fully saturated rings. The Bertz CT molecular complexity index is 256. The second-order valence-corrected chi connectivity index (χ2v) is 3.81. The van der Waals surface area contributed by atoms with Gasteiger partial charge in [-0.3, -0.25) is 9.59 Å².